The normalized spacial score (nSPS) is 16.0. The lowest BCUT2D eigenvalue weighted by atomic mass is 10.2. The zero-order chi connectivity index (χ0) is 19.1. The first-order chi connectivity index (χ1) is 13.2. The molecule has 0 radical (unpaired) electrons. The van der Waals surface area contributed by atoms with Gasteiger partial charge in [0.05, 0.1) is 32.7 Å². The molecule has 1 fully saturated rings. The van der Waals surface area contributed by atoms with E-state index in [-0.39, 0.29) is 17.7 Å². The van der Waals surface area contributed by atoms with E-state index < -0.39 is 0 Å². The lowest BCUT2D eigenvalue weighted by molar-refractivity contribution is 0.0945. The van der Waals surface area contributed by atoms with Crippen molar-refractivity contribution in [2.24, 2.45) is 0 Å². The highest BCUT2D eigenvalue weighted by atomic mass is 16.5. The van der Waals surface area contributed by atoms with Gasteiger partial charge in [-0.05, 0) is 30.5 Å². The summed E-state index contributed by atoms with van der Waals surface area (Å²) >= 11 is 0. The van der Waals surface area contributed by atoms with Crippen LogP contribution in [0.5, 0.6) is 11.5 Å². The van der Waals surface area contributed by atoms with Crippen molar-refractivity contribution in [3.05, 3.63) is 41.9 Å². The monoisotopic (exact) mass is 372 g/mol. The van der Waals surface area contributed by atoms with Crippen molar-refractivity contribution in [3.63, 3.8) is 0 Å². The Bertz CT molecular complexity index is 761. The molecule has 0 saturated carbocycles. The van der Waals surface area contributed by atoms with Crippen LogP contribution in [-0.2, 0) is 11.3 Å². The van der Waals surface area contributed by atoms with Gasteiger partial charge < -0.3 is 24.8 Å². The molecule has 1 saturated heterocycles. The van der Waals surface area contributed by atoms with E-state index in [0.717, 1.165) is 25.0 Å². The first-order valence-corrected chi connectivity index (χ1v) is 8.86. The second kappa shape index (κ2) is 9.18. The molecular weight excluding hydrogens is 348 g/mol. The van der Waals surface area contributed by atoms with Crippen molar-refractivity contribution < 1.29 is 19.0 Å². The second-order valence-electron chi connectivity index (χ2n) is 6.17. The maximum atomic E-state index is 12.3. The van der Waals surface area contributed by atoms with Crippen LogP contribution < -0.4 is 20.1 Å². The van der Waals surface area contributed by atoms with Crippen molar-refractivity contribution in [3.8, 4) is 11.5 Å². The molecule has 27 heavy (non-hydrogen) atoms. The summed E-state index contributed by atoms with van der Waals surface area (Å²) in [5.74, 6) is 1.60. The maximum absolute atomic E-state index is 12.3. The Kier molecular flexibility index (Phi) is 6.43. The molecule has 1 aromatic heterocycles. The van der Waals surface area contributed by atoms with E-state index in [0.29, 0.717) is 30.4 Å². The standard InChI is InChI=1S/C19H24N4O4/c1-25-16-6-5-13(8-17(16)26-2)9-23-19(24)15-11-22-18(12-20-15)21-10-14-4-3-7-27-14/h5-6,8,11-12,14H,3-4,7,9-10H2,1-2H3,(H,21,22)(H,23,24). The minimum absolute atomic E-state index is 0.219. The van der Waals surface area contributed by atoms with E-state index in [1.807, 2.05) is 12.1 Å². The SMILES string of the molecule is COc1ccc(CNC(=O)c2cnc(NCC3CCCO3)cn2)cc1OC. The fourth-order valence-electron chi connectivity index (χ4n) is 2.82. The number of carbonyl (C=O) groups is 1. The quantitative estimate of drug-likeness (QED) is 0.732. The molecule has 0 spiro atoms. The van der Waals surface area contributed by atoms with E-state index in [2.05, 4.69) is 20.6 Å². The van der Waals surface area contributed by atoms with E-state index in [4.69, 9.17) is 14.2 Å². The van der Waals surface area contributed by atoms with Gasteiger partial charge in [-0.3, -0.25) is 4.79 Å². The third-order valence-electron chi connectivity index (χ3n) is 4.32. The van der Waals surface area contributed by atoms with Gasteiger partial charge in [-0.25, -0.2) is 9.97 Å². The van der Waals surface area contributed by atoms with Crippen LogP contribution in [0, 0.1) is 0 Å². The van der Waals surface area contributed by atoms with Crippen LogP contribution in [0.1, 0.15) is 28.9 Å². The van der Waals surface area contributed by atoms with E-state index in [1.54, 1.807) is 26.5 Å². The molecule has 1 unspecified atom stereocenters. The van der Waals surface area contributed by atoms with Gasteiger partial charge in [-0.2, -0.15) is 0 Å². The van der Waals surface area contributed by atoms with Crippen molar-refractivity contribution in [1.82, 2.24) is 15.3 Å². The van der Waals surface area contributed by atoms with Crippen LogP contribution in [0.25, 0.3) is 0 Å². The summed E-state index contributed by atoms with van der Waals surface area (Å²) < 4.78 is 16.0. The molecule has 2 heterocycles. The second-order valence-corrected chi connectivity index (χ2v) is 6.17. The number of rotatable bonds is 8. The first-order valence-electron chi connectivity index (χ1n) is 8.86. The molecular formula is C19H24N4O4. The molecule has 144 valence electrons. The molecule has 3 rings (SSSR count). The molecule has 1 atom stereocenters. The van der Waals surface area contributed by atoms with Crippen molar-refractivity contribution in [1.29, 1.82) is 0 Å². The fourth-order valence-corrected chi connectivity index (χ4v) is 2.82. The topological polar surface area (TPSA) is 94.6 Å². The highest BCUT2D eigenvalue weighted by Gasteiger charge is 2.15. The number of ether oxygens (including phenoxy) is 3. The molecule has 2 aromatic rings. The van der Waals surface area contributed by atoms with Crippen LogP contribution in [-0.4, -0.2) is 49.4 Å². The van der Waals surface area contributed by atoms with Gasteiger partial charge in [0.15, 0.2) is 11.5 Å². The molecule has 0 aliphatic carbocycles. The summed E-state index contributed by atoms with van der Waals surface area (Å²) in [6, 6.07) is 5.49. The molecule has 1 amide bonds. The number of hydrogen-bond donors (Lipinski definition) is 2. The summed E-state index contributed by atoms with van der Waals surface area (Å²) in [4.78, 5) is 20.7. The average Bonchev–Trinajstić information content (AvgIpc) is 3.24. The Morgan fingerprint density at radius 2 is 2.07 bits per heavy atom. The van der Waals surface area contributed by atoms with Gasteiger partial charge in [0.2, 0.25) is 0 Å². The van der Waals surface area contributed by atoms with E-state index >= 15 is 0 Å². The highest BCUT2D eigenvalue weighted by molar-refractivity contribution is 5.91. The molecule has 1 aromatic carbocycles. The van der Waals surface area contributed by atoms with Gasteiger partial charge in [-0.15, -0.1) is 0 Å². The molecule has 2 N–H and O–H groups in total. The van der Waals surface area contributed by atoms with Gasteiger partial charge in [0, 0.05) is 19.7 Å². The summed E-state index contributed by atoms with van der Waals surface area (Å²) in [7, 11) is 3.15. The largest absolute Gasteiger partial charge is 0.493 e. The Morgan fingerprint density at radius 3 is 2.74 bits per heavy atom. The zero-order valence-electron chi connectivity index (χ0n) is 15.5. The summed E-state index contributed by atoms with van der Waals surface area (Å²) in [5, 5.41) is 6.00. The highest BCUT2D eigenvalue weighted by Crippen LogP contribution is 2.27. The van der Waals surface area contributed by atoms with Crippen LogP contribution in [0.3, 0.4) is 0 Å². The predicted octanol–water partition coefficient (Wildman–Crippen LogP) is 2.01. The summed E-state index contributed by atoms with van der Waals surface area (Å²) in [6.45, 7) is 1.86. The number of methoxy groups -OCH3 is 2. The third kappa shape index (κ3) is 5.07. The Labute approximate surface area is 158 Å². The number of hydrogen-bond acceptors (Lipinski definition) is 7. The van der Waals surface area contributed by atoms with Crippen LogP contribution in [0.15, 0.2) is 30.6 Å². The summed E-state index contributed by atoms with van der Waals surface area (Å²) in [5.41, 5.74) is 1.15. The van der Waals surface area contributed by atoms with Gasteiger partial charge >= 0.3 is 0 Å². The number of benzene rings is 1. The maximum Gasteiger partial charge on any atom is 0.271 e. The van der Waals surface area contributed by atoms with Gasteiger partial charge in [0.1, 0.15) is 11.5 Å². The average molecular weight is 372 g/mol. The number of aromatic nitrogens is 2. The van der Waals surface area contributed by atoms with Gasteiger partial charge in [-0.1, -0.05) is 6.07 Å². The molecule has 1 aliphatic heterocycles. The smallest absolute Gasteiger partial charge is 0.271 e. The summed E-state index contributed by atoms with van der Waals surface area (Å²) in [6.07, 6.45) is 5.38. The number of nitrogens with zero attached hydrogens (tertiary/aromatic N) is 2. The van der Waals surface area contributed by atoms with Crippen molar-refractivity contribution >= 4 is 11.7 Å². The number of amides is 1. The Hall–Kier alpha value is -2.87. The van der Waals surface area contributed by atoms with Crippen molar-refractivity contribution in [2.75, 3.05) is 32.7 Å². The van der Waals surface area contributed by atoms with Crippen molar-refractivity contribution in [2.45, 2.75) is 25.5 Å². The van der Waals surface area contributed by atoms with E-state index in [9.17, 15) is 4.79 Å². The minimum atomic E-state index is -0.289. The molecule has 1 aliphatic rings. The Balaban J connectivity index is 1.51. The van der Waals surface area contributed by atoms with Gasteiger partial charge in [0.25, 0.3) is 5.91 Å². The molecule has 8 heteroatoms. The first kappa shape index (κ1) is 18.9. The lowest BCUT2D eigenvalue weighted by Gasteiger charge is -2.11. The van der Waals surface area contributed by atoms with E-state index in [1.165, 1.54) is 6.20 Å². The minimum Gasteiger partial charge on any atom is -0.493 e. The predicted molar refractivity (Wildman–Crippen MR) is 100 cm³/mol. The van der Waals surface area contributed by atoms with Crippen LogP contribution >= 0.6 is 0 Å². The molecule has 8 nitrogen and oxygen atoms in total. The Morgan fingerprint density at radius 1 is 1.22 bits per heavy atom. The third-order valence-corrected chi connectivity index (χ3v) is 4.32. The number of nitrogens with one attached hydrogen (secondary N) is 2. The van der Waals surface area contributed by atoms with Crippen LogP contribution in [0.2, 0.25) is 0 Å². The lowest BCUT2D eigenvalue weighted by Crippen LogP contribution is -2.24. The number of carbonyl (C=O) groups excluding carboxylic acids is 1. The zero-order valence-corrected chi connectivity index (χ0v) is 15.5. The number of anilines is 1. The fraction of sp³-hybridized carbons (Fsp3) is 0.421. The molecule has 0 bridgehead atoms. The van der Waals surface area contributed by atoms with Crippen LogP contribution in [0.4, 0.5) is 5.82 Å².